The first-order valence-corrected chi connectivity index (χ1v) is 4.82. The summed E-state index contributed by atoms with van der Waals surface area (Å²) >= 11 is 2.51. The van der Waals surface area contributed by atoms with Crippen LogP contribution in [0.15, 0.2) is 4.99 Å². The Balaban J connectivity index is 3.58. The molecule has 0 radical (unpaired) electrons. The average molecular weight is 249 g/mol. The Morgan fingerprint density at radius 2 is 2.23 bits per heavy atom. The molecule has 0 fully saturated rings. The normalized spacial score (nSPS) is 10.1. The van der Waals surface area contributed by atoms with Crippen LogP contribution in [-0.2, 0) is 4.74 Å². The zero-order valence-electron chi connectivity index (χ0n) is 8.09. The topological polar surface area (TPSA) is 50.7 Å². The Kier molecular flexibility index (Phi) is 5.63. The standard InChI is InChI=1S/C8H14N2O2Se/c1-8(2,3)12-7(11)10-5-4-9-6-13/h4-5H2,1-3H3,(H,10,11). The first-order chi connectivity index (χ1) is 5.95. The van der Waals surface area contributed by atoms with Gasteiger partial charge < -0.3 is 0 Å². The Labute approximate surface area is 86.1 Å². The second-order valence-electron chi connectivity index (χ2n) is 3.40. The van der Waals surface area contributed by atoms with Gasteiger partial charge in [-0.05, 0) is 0 Å². The molecule has 0 aromatic carbocycles. The van der Waals surface area contributed by atoms with Crippen molar-refractivity contribution in [2.24, 2.45) is 4.99 Å². The van der Waals surface area contributed by atoms with Gasteiger partial charge in [-0.2, -0.15) is 0 Å². The number of hydrogen-bond donors (Lipinski definition) is 1. The summed E-state index contributed by atoms with van der Waals surface area (Å²) in [7, 11) is 0. The van der Waals surface area contributed by atoms with Crippen molar-refractivity contribution < 1.29 is 9.53 Å². The fourth-order valence-electron chi connectivity index (χ4n) is 0.574. The molecule has 0 heterocycles. The minimum atomic E-state index is -0.446. The van der Waals surface area contributed by atoms with Crippen LogP contribution in [-0.4, -0.2) is 45.1 Å². The third-order valence-corrected chi connectivity index (χ3v) is 1.23. The van der Waals surface area contributed by atoms with E-state index in [2.05, 4.69) is 30.6 Å². The van der Waals surface area contributed by atoms with Gasteiger partial charge in [0, 0.05) is 0 Å². The Hall–Kier alpha value is -0.631. The third kappa shape index (κ3) is 9.28. The van der Waals surface area contributed by atoms with Crippen molar-refractivity contribution in [2.75, 3.05) is 13.1 Å². The fraction of sp³-hybridized carbons (Fsp3) is 0.750. The predicted molar refractivity (Wildman–Crippen MR) is 52.3 cm³/mol. The molecule has 0 aliphatic heterocycles. The number of carbonyl (C=O) groups excluding carboxylic acids is 1. The number of amides is 1. The molecule has 1 N–H and O–H groups in total. The van der Waals surface area contributed by atoms with Crippen LogP contribution in [0.4, 0.5) is 4.79 Å². The van der Waals surface area contributed by atoms with Crippen LogP contribution in [0.3, 0.4) is 0 Å². The quantitative estimate of drug-likeness (QED) is 0.452. The molecule has 0 bridgehead atoms. The Morgan fingerprint density at radius 3 is 2.69 bits per heavy atom. The van der Waals surface area contributed by atoms with Gasteiger partial charge in [0.25, 0.3) is 0 Å². The van der Waals surface area contributed by atoms with Crippen LogP contribution >= 0.6 is 0 Å². The van der Waals surface area contributed by atoms with Gasteiger partial charge in [0.15, 0.2) is 0 Å². The van der Waals surface area contributed by atoms with Crippen molar-refractivity contribution in [1.29, 1.82) is 0 Å². The number of aliphatic imine (C=N–C) groups is 1. The van der Waals surface area contributed by atoms with E-state index in [1.807, 2.05) is 20.8 Å². The summed E-state index contributed by atoms with van der Waals surface area (Å²) in [4.78, 5) is 14.8. The maximum atomic E-state index is 11.0. The van der Waals surface area contributed by atoms with Crippen molar-refractivity contribution >= 4 is 26.4 Å². The van der Waals surface area contributed by atoms with E-state index < -0.39 is 11.7 Å². The van der Waals surface area contributed by atoms with Crippen LogP contribution < -0.4 is 5.32 Å². The number of rotatable bonds is 3. The molecule has 13 heavy (non-hydrogen) atoms. The molecule has 0 aromatic heterocycles. The molecular weight excluding hydrogens is 235 g/mol. The molecule has 74 valence electrons. The van der Waals surface area contributed by atoms with E-state index in [0.717, 1.165) is 0 Å². The van der Waals surface area contributed by atoms with Crippen LogP contribution in [0.25, 0.3) is 0 Å². The fourth-order valence-corrected chi connectivity index (χ4v) is 0.765. The summed E-state index contributed by atoms with van der Waals surface area (Å²) in [6, 6.07) is 0. The SMILES string of the molecule is CC(C)(C)OC(=O)NCCN=C=[Se]. The number of nitrogens with one attached hydrogen (secondary N) is 1. The number of carbonyl (C=O) groups is 1. The van der Waals surface area contributed by atoms with E-state index in [1.54, 1.807) is 0 Å². The summed E-state index contributed by atoms with van der Waals surface area (Å²) in [5.41, 5.74) is -0.446. The molecule has 4 nitrogen and oxygen atoms in total. The van der Waals surface area contributed by atoms with Crippen molar-refractivity contribution in [3.63, 3.8) is 0 Å². The Bertz CT molecular complexity index is 217. The van der Waals surface area contributed by atoms with Gasteiger partial charge in [-0.3, -0.25) is 0 Å². The number of alkyl carbamates (subject to hydrolysis) is 1. The van der Waals surface area contributed by atoms with E-state index in [0.29, 0.717) is 13.1 Å². The monoisotopic (exact) mass is 250 g/mol. The Morgan fingerprint density at radius 1 is 1.62 bits per heavy atom. The summed E-state index contributed by atoms with van der Waals surface area (Å²) in [6.07, 6.45) is -0.414. The van der Waals surface area contributed by atoms with E-state index in [1.165, 1.54) is 0 Å². The van der Waals surface area contributed by atoms with Crippen molar-refractivity contribution in [3.8, 4) is 0 Å². The number of nitrogens with zero attached hydrogens (tertiary/aromatic N) is 1. The molecule has 5 heteroatoms. The molecular formula is C8H14N2O2Se. The molecule has 1 amide bonds. The average Bonchev–Trinajstić information content (AvgIpc) is 1.94. The van der Waals surface area contributed by atoms with Crippen LogP contribution in [0.1, 0.15) is 20.8 Å². The van der Waals surface area contributed by atoms with Crippen molar-refractivity contribution in [3.05, 3.63) is 0 Å². The van der Waals surface area contributed by atoms with Crippen molar-refractivity contribution in [2.45, 2.75) is 26.4 Å². The summed E-state index contributed by atoms with van der Waals surface area (Å²) in [5, 5.41) is 2.57. The first kappa shape index (κ1) is 12.4. The van der Waals surface area contributed by atoms with Gasteiger partial charge in [-0.25, -0.2) is 0 Å². The number of ether oxygens (including phenoxy) is 1. The molecule has 0 rings (SSSR count). The first-order valence-electron chi connectivity index (χ1n) is 3.96. The second kappa shape index (κ2) is 5.92. The van der Waals surface area contributed by atoms with Crippen LogP contribution in [0.2, 0.25) is 0 Å². The summed E-state index contributed by atoms with van der Waals surface area (Å²) < 4.78 is 7.50. The molecule has 0 saturated carbocycles. The molecule has 0 unspecified atom stereocenters. The van der Waals surface area contributed by atoms with Gasteiger partial charge in [0.05, 0.1) is 0 Å². The minimum absolute atomic E-state index is 0.414. The van der Waals surface area contributed by atoms with E-state index in [9.17, 15) is 4.79 Å². The second-order valence-corrected chi connectivity index (χ2v) is 3.78. The maximum absolute atomic E-state index is 11.0. The molecule has 0 aliphatic carbocycles. The molecule has 0 saturated heterocycles. The molecule has 0 aromatic rings. The summed E-state index contributed by atoms with van der Waals surface area (Å²) in [6.45, 7) is 6.42. The molecule has 0 aliphatic rings. The third-order valence-electron chi connectivity index (χ3n) is 0.956. The number of hydrogen-bond acceptors (Lipinski definition) is 3. The summed E-state index contributed by atoms with van der Waals surface area (Å²) in [5.74, 6) is 0. The van der Waals surface area contributed by atoms with Gasteiger partial charge in [-0.1, -0.05) is 0 Å². The van der Waals surface area contributed by atoms with Gasteiger partial charge in [0.1, 0.15) is 0 Å². The zero-order valence-corrected chi connectivity index (χ0v) is 9.80. The molecule has 0 spiro atoms. The van der Waals surface area contributed by atoms with E-state index in [4.69, 9.17) is 4.74 Å². The predicted octanol–water partition coefficient (Wildman–Crippen LogP) is 0.585. The molecule has 0 atom stereocenters. The van der Waals surface area contributed by atoms with Gasteiger partial charge in [-0.15, -0.1) is 0 Å². The van der Waals surface area contributed by atoms with Crippen molar-refractivity contribution in [1.82, 2.24) is 5.32 Å². The van der Waals surface area contributed by atoms with Crippen LogP contribution in [0.5, 0.6) is 0 Å². The van der Waals surface area contributed by atoms with E-state index >= 15 is 0 Å². The zero-order chi connectivity index (χ0) is 10.3. The van der Waals surface area contributed by atoms with E-state index in [-0.39, 0.29) is 0 Å². The van der Waals surface area contributed by atoms with Gasteiger partial charge in [0.2, 0.25) is 0 Å². The van der Waals surface area contributed by atoms with Gasteiger partial charge >= 0.3 is 85.7 Å². The van der Waals surface area contributed by atoms with Crippen LogP contribution in [0, 0.1) is 0 Å².